The third-order valence-electron chi connectivity index (χ3n) is 6.53. The molecule has 1 atom stereocenters. The normalized spacial score (nSPS) is 17.1. The molecule has 1 unspecified atom stereocenters. The van der Waals surface area contributed by atoms with Crippen LogP contribution in [0.2, 0.25) is 0 Å². The molecule has 5 rings (SSSR count). The Bertz CT molecular complexity index is 1590. The largest absolute Gasteiger partial charge is 0.351 e. The predicted octanol–water partition coefficient (Wildman–Crippen LogP) is 4.76. The molecule has 0 radical (unpaired) electrons. The van der Waals surface area contributed by atoms with Gasteiger partial charge in [-0.15, -0.1) is 0 Å². The van der Waals surface area contributed by atoms with Gasteiger partial charge in [0.25, 0.3) is 15.9 Å². The van der Waals surface area contributed by atoms with Gasteiger partial charge in [-0.3, -0.25) is 9.78 Å². The van der Waals surface area contributed by atoms with Gasteiger partial charge in [0.05, 0.1) is 5.56 Å². The van der Waals surface area contributed by atoms with E-state index in [1.54, 1.807) is 42.9 Å². The lowest BCUT2D eigenvalue weighted by Gasteiger charge is -2.33. The molecule has 1 aliphatic rings. The molecular formula is C27H30N6O3S. The van der Waals surface area contributed by atoms with Gasteiger partial charge >= 0.3 is 0 Å². The van der Waals surface area contributed by atoms with E-state index in [0.717, 1.165) is 29.4 Å². The fourth-order valence-electron chi connectivity index (χ4n) is 4.98. The van der Waals surface area contributed by atoms with Crippen molar-refractivity contribution in [1.82, 2.24) is 19.7 Å². The Labute approximate surface area is 217 Å². The highest BCUT2D eigenvalue weighted by atomic mass is 32.2. The van der Waals surface area contributed by atoms with Crippen LogP contribution < -0.4 is 14.9 Å². The maximum absolute atomic E-state index is 13.2. The van der Waals surface area contributed by atoms with Crippen molar-refractivity contribution in [3.05, 3.63) is 78.8 Å². The Balaban J connectivity index is 0.00000336. The number of carbonyl (C=O) groups excluding carboxylic acids is 1. The number of pyridine rings is 3. The molecule has 4 heterocycles. The molecular weight excluding hydrogens is 488 g/mol. The molecule has 192 valence electrons. The Morgan fingerprint density at radius 1 is 1.08 bits per heavy atom. The Morgan fingerprint density at radius 3 is 2.68 bits per heavy atom. The lowest BCUT2D eigenvalue weighted by atomic mass is 9.97. The van der Waals surface area contributed by atoms with E-state index < -0.39 is 15.9 Å². The van der Waals surface area contributed by atoms with Crippen molar-refractivity contribution in [3.63, 3.8) is 0 Å². The zero-order valence-electron chi connectivity index (χ0n) is 20.8. The number of rotatable bonds is 6. The summed E-state index contributed by atoms with van der Waals surface area (Å²) in [6.07, 6.45) is 5.99. The zero-order valence-corrected chi connectivity index (χ0v) is 21.7. The van der Waals surface area contributed by atoms with E-state index in [0.29, 0.717) is 17.6 Å². The first-order valence-corrected chi connectivity index (χ1v) is 13.5. The van der Waals surface area contributed by atoms with Crippen LogP contribution in [-0.2, 0) is 10.0 Å². The molecule has 0 bridgehead atoms. The van der Waals surface area contributed by atoms with Gasteiger partial charge in [0.2, 0.25) is 0 Å². The summed E-state index contributed by atoms with van der Waals surface area (Å²) in [5.41, 5.74) is 0.751. The van der Waals surface area contributed by atoms with E-state index in [-0.39, 0.29) is 17.6 Å². The summed E-state index contributed by atoms with van der Waals surface area (Å²) in [6, 6.07) is 15.4. The monoisotopic (exact) mass is 518 g/mol. The molecule has 37 heavy (non-hydrogen) atoms. The van der Waals surface area contributed by atoms with Crippen LogP contribution in [0, 0.1) is 5.92 Å². The third kappa shape index (κ3) is 4.97. The van der Waals surface area contributed by atoms with Crippen molar-refractivity contribution < 1.29 is 14.6 Å². The lowest BCUT2D eigenvalue weighted by molar-refractivity contribution is 0.0981. The fourth-order valence-corrected chi connectivity index (χ4v) is 5.92. The van der Waals surface area contributed by atoms with E-state index in [1.807, 2.05) is 24.3 Å². The van der Waals surface area contributed by atoms with Crippen LogP contribution >= 0.6 is 0 Å². The molecule has 0 saturated carbocycles. The second-order valence-electron chi connectivity index (χ2n) is 9.93. The average Bonchev–Trinajstić information content (AvgIpc) is 3.15. The zero-order chi connectivity index (χ0) is 26.2. The van der Waals surface area contributed by atoms with Crippen LogP contribution in [-0.4, -0.2) is 41.4 Å². The minimum atomic E-state index is -4.25. The maximum Gasteiger partial charge on any atom is 0.281 e. The molecule has 9 nitrogen and oxygen atoms in total. The van der Waals surface area contributed by atoms with Crippen molar-refractivity contribution in [1.29, 1.82) is 0 Å². The standard InChI is InChI=1S/C27H28N6O3S.H2/c1-18-15-27(2,3)33(17-18)25-21(8-6-13-29-25)26(34)32-37(35,36)24-11-5-10-23(31-24)30-22-9-4-7-19-16-28-14-12-20(19)22;/h4-14,16,18H,15,17H2,1-3H3,(H,30,31)(H,32,34);1H. The van der Waals surface area contributed by atoms with Gasteiger partial charge in [-0.1, -0.05) is 25.1 Å². The number of amides is 1. The number of hydrogen-bond acceptors (Lipinski definition) is 8. The molecule has 1 saturated heterocycles. The van der Waals surface area contributed by atoms with E-state index in [9.17, 15) is 13.2 Å². The quantitative estimate of drug-likeness (QED) is 0.375. The third-order valence-corrected chi connectivity index (χ3v) is 7.76. The highest BCUT2D eigenvalue weighted by Gasteiger charge is 2.39. The number of benzene rings is 1. The number of hydrogen-bond donors (Lipinski definition) is 2. The molecule has 1 fully saturated rings. The number of carbonyl (C=O) groups is 1. The smallest absolute Gasteiger partial charge is 0.281 e. The maximum atomic E-state index is 13.2. The second-order valence-corrected chi connectivity index (χ2v) is 11.6. The fraction of sp³-hybridized carbons (Fsp3) is 0.259. The van der Waals surface area contributed by atoms with E-state index >= 15 is 0 Å². The predicted molar refractivity (Wildman–Crippen MR) is 145 cm³/mol. The summed E-state index contributed by atoms with van der Waals surface area (Å²) < 4.78 is 28.5. The van der Waals surface area contributed by atoms with E-state index in [1.165, 1.54) is 6.07 Å². The lowest BCUT2D eigenvalue weighted by Crippen LogP contribution is -2.41. The van der Waals surface area contributed by atoms with Crippen LogP contribution in [0.25, 0.3) is 10.8 Å². The summed E-state index contributed by atoms with van der Waals surface area (Å²) in [5.74, 6) is 0.474. The first-order valence-electron chi connectivity index (χ1n) is 12.0. The van der Waals surface area contributed by atoms with Gasteiger partial charge in [0.15, 0.2) is 5.03 Å². The van der Waals surface area contributed by atoms with Gasteiger partial charge in [-0.2, -0.15) is 8.42 Å². The van der Waals surface area contributed by atoms with E-state index in [4.69, 9.17) is 0 Å². The average molecular weight is 519 g/mol. The number of anilines is 3. The first-order chi connectivity index (χ1) is 17.6. The first kappa shape index (κ1) is 24.6. The summed E-state index contributed by atoms with van der Waals surface area (Å²) in [6.45, 7) is 7.07. The highest BCUT2D eigenvalue weighted by molar-refractivity contribution is 7.90. The summed E-state index contributed by atoms with van der Waals surface area (Å²) in [7, 11) is -4.25. The van der Waals surface area contributed by atoms with Gasteiger partial charge in [0.1, 0.15) is 11.6 Å². The van der Waals surface area contributed by atoms with Crippen molar-refractivity contribution >= 4 is 44.0 Å². The van der Waals surface area contributed by atoms with Crippen LogP contribution in [0.4, 0.5) is 17.3 Å². The summed E-state index contributed by atoms with van der Waals surface area (Å²) in [4.78, 5) is 28.1. The van der Waals surface area contributed by atoms with Crippen LogP contribution in [0.3, 0.4) is 0 Å². The Kier molecular flexibility index (Phi) is 6.28. The molecule has 4 aromatic rings. The number of fused-ring (bicyclic) bond motifs is 1. The van der Waals surface area contributed by atoms with Gasteiger partial charge in [0, 0.05) is 48.6 Å². The molecule has 10 heteroatoms. The SMILES string of the molecule is CC1CN(c2ncccc2C(=O)NS(=O)(=O)c2cccc(Nc3cccc4cnccc34)n2)C(C)(C)C1.[HH]. The molecule has 2 N–H and O–H groups in total. The van der Waals surface area contributed by atoms with Crippen LogP contribution in [0.15, 0.2) is 78.2 Å². The molecule has 3 aromatic heterocycles. The van der Waals surface area contributed by atoms with Crippen LogP contribution in [0.5, 0.6) is 0 Å². The van der Waals surface area contributed by atoms with Gasteiger partial charge in [-0.25, -0.2) is 14.7 Å². The minimum Gasteiger partial charge on any atom is -0.351 e. The van der Waals surface area contributed by atoms with Crippen molar-refractivity contribution in [2.24, 2.45) is 5.92 Å². The topological polar surface area (TPSA) is 117 Å². The Hall–Kier alpha value is -4.05. The number of aromatic nitrogens is 3. The molecule has 1 aliphatic heterocycles. The van der Waals surface area contributed by atoms with Gasteiger partial charge < -0.3 is 10.2 Å². The van der Waals surface area contributed by atoms with E-state index in [2.05, 4.69) is 50.7 Å². The second kappa shape index (κ2) is 9.44. The summed E-state index contributed by atoms with van der Waals surface area (Å²) in [5, 5.41) is 4.76. The molecule has 0 aliphatic carbocycles. The number of sulfonamides is 1. The number of nitrogens with zero attached hydrogens (tertiary/aromatic N) is 4. The molecule has 1 amide bonds. The van der Waals surface area contributed by atoms with Crippen LogP contribution in [0.1, 0.15) is 39.0 Å². The number of nitrogens with one attached hydrogen (secondary N) is 2. The van der Waals surface area contributed by atoms with Crippen molar-refractivity contribution in [2.75, 3.05) is 16.8 Å². The van der Waals surface area contributed by atoms with Gasteiger partial charge in [-0.05, 0) is 62.6 Å². The summed E-state index contributed by atoms with van der Waals surface area (Å²) >= 11 is 0. The Morgan fingerprint density at radius 2 is 1.89 bits per heavy atom. The minimum absolute atomic E-state index is 0. The van der Waals surface area contributed by atoms with Crippen molar-refractivity contribution in [3.8, 4) is 0 Å². The highest BCUT2D eigenvalue weighted by Crippen LogP contribution is 2.37. The molecule has 0 spiro atoms. The molecule has 1 aromatic carbocycles. The van der Waals surface area contributed by atoms with Crippen molar-refractivity contribution in [2.45, 2.75) is 37.8 Å².